The van der Waals surface area contributed by atoms with Crippen LogP contribution in [-0.4, -0.2) is 17.6 Å². The van der Waals surface area contributed by atoms with E-state index in [-0.39, 0.29) is 0 Å². The maximum atomic E-state index is 5.68. The van der Waals surface area contributed by atoms with Crippen LogP contribution in [0.5, 0.6) is 0 Å². The number of aryl methyl sites for hydroxylation is 1. The van der Waals surface area contributed by atoms with Crippen molar-refractivity contribution in [2.24, 2.45) is 5.73 Å². The predicted octanol–water partition coefficient (Wildman–Crippen LogP) is 2.06. The van der Waals surface area contributed by atoms with Gasteiger partial charge < -0.3 is 11.1 Å². The molecule has 1 rings (SSSR count). The SMILES string of the molecule is Cc1ncsc1CNCCCCC(C)N. The van der Waals surface area contributed by atoms with E-state index < -0.39 is 0 Å². The summed E-state index contributed by atoms with van der Waals surface area (Å²) in [5, 5.41) is 3.43. The molecule has 0 amide bonds. The third-order valence-electron chi connectivity index (χ3n) is 2.39. The lowest BCUT2D eigenvalue weighted by Crippen LogP contribution is -2.17. The number of nitrogens with two attached hydrogens (primary N) is 1. The lowest BCUT2D eigenvalue weighted by molar-refractivity contribution is 0.564. The van der Waals surface area contributed by atoms with Crippen molar-refractivity contribution in [2.45, 2.75) is 45.7 Å². The first-order valence-corrected chi connectivity index (χ1v) is 6.43. The summed E-state index contributed by atoms with van der Waals surface area (Å²) in [7, 11) is 0. The second kappa shape index (κ2) is 6.93. The Hall–Kier alpha value is -0.450. The fourth-order valence-corrected chi connectivity index (χ4v) is 2.16. The van der Waals surface area contributed by atoms with Gasteiger partial charge in [-0.15, -0.1) is 11.3 Å². The summed E-state index contributed by atoms with van der Waals surface area (Å²) >= 11 is 1.72. The van der Waals surface area contributed by atoms with E-state index in [9.17, 15) is 0 Å². The molecule has 15 heavy (non-hydrogen) atoms. The smallest absolute Gasteiger partial charge is 0.0798 e. The van der Waals surface area contributed by atoms with Gasteiger partial charge in [0.1, 0.15) is 0 Å². The molecule has 1 unspecified atom stereocenters. The van der Waals surface area contributed by atoms with E-state index in [1.807, 2.05) is 5.51 Å². The monoisotopic (exact) mass is 227 g/mol. The number of thiazole rings is 1. The van der Waals surface area contributed by atoms with E-state index in [1.54, 1.807) is 11.3 Å². The minimum absolute atomic E-state index is 0.341. The molecule has 3 N–H and O–H groups in total. The van der Waals surface area contributed by atoms with Crippen molar-refractivity contribution in [3.8, 4) is 0 Å². The minimum Gasteiger partial charge on any atom is -0.328 e. The Morgan fingerprint density at radius 1 is 1.53 bits per heavy atom. The van der Waals surface area contributed by atoms with Crippen LogP contribution in [0.25, 0.3) is 0 Å². The third kappa shape index (κ3) is 5.25. The van der Waals surface area contributed by atoms with Crippen LogP contribution in [0.1, 0.15) is 36.8 Å². The van der Waals surface area contributed by atoms with E-state index >= 15 is 0 Å². The summed E-state index contributed by atoms with van der Waals surface area (Å²) in [6.45, 7) is 6.15. The lowest BCUT2D eigenvalue weighted by Gasteiger charge is -2.05. The van der Waals surface area contributed by atoms with Gasteiger partial charge in [-0.05, 0) is 33.2 Å². The van der Waals surface area contributed by atoms with E-state index in [2.05, 4.69) is 24.1 Å². The molecule has 1 heterocycles. The van der Waals surface area contributed by atoms with Gasteiger partial charge in [-0.2, -0.15) is 0 Å². The van der Waals surface area contributed by atoms with Crippen molar-refractivity contribution in [3.63, 3.8) is 0 Å². The number of nitrogens with one attached hydrogen (secondary N) is 1. The predicted molar refractivity (Wildman–Crippen MR) is 66.1 cm³/mol. The molecular formula is C11H21N3S. The standard InChI is InChI=1S/C11H21N3S/c1-9(12)5-3-4-6-13-7-11-10(2)14-8-15-11/h8-9,13H,3-7,12H2,1-2H3. The fraction of sp³-hybridized carbons (Fsp3) is 0.727. The molecule has 0 radical (unpaired) electrons. The number of hydrogen-bond acceptors (Lipinski definition) is 4. The molecule has 0 aliphatic heterocycles. The first kappa shape index (κ1) is 12.6. The summed E-state index contributed by atoms with van der Waals surface area (Å²) in [6.07, 6.45) is 3.55. The highest BCUT2D eigenvalue weighted by molar-refractivity contribution is 7.09. The van der Waals surface area contributed by atoms with E-state index in [1.165, 1.54) is 17.7 Å². The van der Waals surface area contributed by atoms with Gasteiger partial charge in [0.15, 0.2) is 0 Å². The zero-order chi connectivity index (χ0) is 11.1. The minimum atomic E-state index is 0.341. The average molecular weight is 227 g/mol. The van der Waals surface area contributed by atoms with Crippen LogP contribution < -0.4 is 11.1 Å². The topological polar surface area (TPSA) is 50.9 Å². The lowest BCUT2D eigenvalue weighted by atomic mass is 10.1. The molecule has 1 atom stereocenters. The van der Waals surface area contributed by atoms with Crippen molar-refractivity contribution >= 4 is 11.3 Å². The average Bonchev–Trinajstić information content (AvgIpc) is 2.57. The van der Waals surface area contributed by atoms with Gasteiger partial charge in [-0.3, -0.25) is 0 Å². The molecule has 1 aromatic heterocycles. The van der Waals surface area contributed by atoms with E-state index in [0.717, 1.165) is 25.2 Å². The largest absolute Gasteiger partial charge is 0.328 e. The van der Waals surface area contributed by atoms with Crippen molar-refractivity contribution in [1.29, 1.82) is 0 Å². The highest BCUT2D eigenvalue weighted by Crippen LogP contribution is 2.11. The maximum Gasteiger partial charge on any atom is 0.0798 e. The van der Waals surface area contributed by atoms with E-state index in [4.69, 9.17) is 5.73 Å². The molecule has 0 fully saturated rings. The third-order valence-corrected chi connectivity index (χ3v) is 3.33. The van der Waals surface area contributed by atoms with E-state index in [0.29, 0.717) is 6.04 Å². The van der Waals surface area contributed by atoms with Crippen LogP contribution in [-0.2, 0) is 6.54 Å². The van der Waals surface area contributed by atoms with Gasteiger partial charge in [0, 0.05) is 17.5 Å². The highest BCUT2D eigenvalue weighted by atomic mass is 32.1. The Bertz CT molecular complexity index is 271. The van der Waals surface area contributed by atoms with Gasteiger partial charge in [0.25, 0.3) is 0 Å². The first-order chi connectivity index (χ1) is 7.20. The number of hydrogen-bond donors (Lipinski definition) is 2. The molecule has 3 nitrogen and oxygen atoms in total. The van der Waals surface area contributed by atoms with Crippen molar-refractivity contribution in [3.05, 3.63) is 16.1 Å². The van der Waals surface area contributed by atoms with Crippen molar-refractivity contribution in [2.75, 3.05) is 6.54 Å². The number of aromatic nitrogens is 1. The summed E-state index contributed by atoms with van der Waals surface area (Å²) in [6, 6.07) is 0.341. The number of rotatable bonds is 7. The van der Waals surface area contributed by atoms with Crippen LogP contribution in [0.2, 0.25) is 0 Å². The Labute approximate surface area is 96.1 Å². The molecule has 0 spiro atoms. The number of unbranched alkanes of at least 4 members (excludes halogenated alkanes) is 1. The molecule has 0 saturated heterocycles. The molecule has 86 valence electrons. The quantitative estimate of drug-likeness (QED) is 0.701. The molecular weight excluding hydrogens is 206 g/mol. The first-order valence-electron chi connectivity index (χ1n) is 5.55. The van der Waals surface area contributed by atoms with Gasteiger partial charge >= 0.3 is 0 Å². The molecule has 1 aromatic rings. The second-order valence-electron chi connectivity index (χ2n) is 4.01. The van der Waals surface area contributed by atoms with Crippen molar-refractivity contribution < 1.29 is 0 Å². The molecule has 4 heteroatoms. The van der Waals surface area contributed by atoms with Crippen molar-refractivity contribution in [1.82, 2.24) is 10.3 Å². The Morgan fingerprint density at radius 3 is 2.93 bits per heavy atom. The van der Waals surface area contributed by atoms with Crippen LogP contribution in [0.3, 0.4) is 0 Å². The van der Waals surface area contributed by atoms with Gasteiger partial charge in [-0.25, -0.2) is 4.98 Å². The Morgan fingerprint density at radius 2 is 2.33 bits per heavy atom. The van der Waals surface area contributed by atoms with Crippen LogP contribution in [0.15, 0.2) is 5.51 Å². The molecule has 0 aliphatic carbocycles. The Balaban J connectivity index is 2.00. The summed E-state index contributed by atoms with van der Waals surface area (Å²) in [5.41, 5.74) is 8.74. The molecule has 0 aromatic carbocycles. The van der Waals surface area contributed by atoms with Crippen LogP contribution in [0, 0.1) is 6.92 Å². The fourth-order valence-electron chi connectivity index (χ4n) is 1.41. The second-order valence-corrected chi connectivity index (χ2v) is 4.95. The summed E-state index contributed by atoms with van der Waals surface area (Å²) < 4.78 is 0. The van der Waals surface area contributed by atoms with Gasteiger partial charge in [-0.1, -0.05) is 6.42 Å². The zero-order valence-corrected chi connectivity index (χ0v) is 10.4. The molecule has 0 aliphatic rings. The van der Waals surface area contributed by atoms with Gasteiger partial charge in [0.05, 0.1) is 11.2 Å². The normalized spacial score (nSPS) is 13.0. The molecule has 0 bridgehead atoms. The van der Waals surface area contributed by atoms with Crippen LogP contribution >= 0.6 is 11.3 Å². The van der Waals surface area contributed by atoms with Crippen LogP contribution in [0.4, 0.5) is 0 Å². The molecule has 0 saturated carbocycles. The zero-order valence-electron chi connectivity index (χ0n) is 9.62. The van der Waals surface area contributed by atoms with Gasteiger partial charge in [0.2, 0.25) is 0 Å². The highest BCUT2D eigenvalue weighted by Gasteiger charge is 2.00. The summed E-state index contributed by atoms with van der Waals surface area (Å²) in [5.74, 6) is 0. The summed E-state index contributed by atoms with van der Waals surface area (Å²) in [4.78, 5) is 5.57. The Kier molecular flexibility index (Phi) is 5.83. The number of nitrogens with zero attached hydrogens (tertiary/aromatic N) is 1. The maximum absolute atomic E-state index is 5.68.